The molecule has 0 fully saturated rings. The van der Waals surface area contributed by atoms with E-state index in [-0.39, 0.29) is 14.0 Å². The van der Waals surface area contributed by atoms with Crippen LogP contribution in [0.1, 0.15) is 14.4 Å². The first-order valence-corrected chi connectivity index (χ1v) is 3.09. The van der Waals surface area contributed by atoms with Crippen molar-refractivity contribution in [1.82, 2.24) is 0 Å². The molecule has 0 aromatic carbocycles. The molecule has 68 valence electrons. The number of methoxy groups -OCH3 is 1. The first-order chi connectivity index (χ1) is 4.81. The minimum atomic E-state index is -0.639. The molecule has 4 nitrogen and oxygen atoms in total. The quantitative estimate of drug-likeness (QED) is 0.466. The zero-order valence-electron chi connectivity index (χ0n) is 6.25. The van der Waals surface area contributed by atoms with Crippen LogP contribution in [0.5, 0.6) is 0 Å². The summed E-state index contributed by atoms with van der Waals surface area (Å²) in [7, 11) is 1.54. The lowest BCUT2D eigenvalue weighted by Crippen LogP contribution is -2.10. The van der Waals surface area contributed by atoms with Crippen LogP contribution in [0.25, 0.3) is 0 Å². The summed E-state index contributed by atoms with van der Waals surface area (Å²) in [6, 6.07) is 0. The lowest BCUT2D eigenvalue weighted by molar-refractivity contribution is 0.0394. The van der Waals surface area contributed by atoms with Crippen molar-refractivity contribution < 1.29 is 19.0 Å². The molecule has 0 aromatic rings. The Morgan fingerprint density at radius 3 is 2.36 bits per heavy atom. The molecule has 0 N–H and O–H groups in total. The van der Waals surface area contributed by atoms with E-state index in [1.54, 1.807) is 6.92 Å². The van der Waals surface area contributed by atoms with E-state index in [4.69, 9.17) is 0 Å². The SMILES string of the molecule is C.CCOC(=O)OCCOC. The third-order valence-electron chi connectivity index (χ3n) is 0.770. The molecule has 0 atom stereocenters. The maximum Gasteiger partial charge on any atom is 0.508 e. The van der Waals surface area contributed by atoms with Gasteiger partial charge in [0.25, 0.3) is 0 Å². The predicted molar refractivity (Wildman–Crippen MR) is 41.6 cm³/mol. The highest BCUT2D eigenvalue weighted by Gasteiger charge is 1.99. The second-order valence-corrected chi connectivity index (χ2v) is 1.52. The van der Waals surface area contributed by atoms with Crippen molar-refractivity contribution >= 4 is 6.16 Å². The summed E-state index contributed by atoms with van der Waals surface area (Å²) in [6.07, 6.45) is -0.639. The molecule has 0 aliphatic heterocycles. The van der Waals surface area contributed by atoms with Crippen molar-refractivity contribution in [2.75, 3.05) is 26.9 Å². The van der Waals surface area contributed by atoms with E-state index in [2.05, 4.69) is 14.2 Å². The smallest absolute Gasteiger partial charge is 0.435 e. The van der Waals surface area contributed by atoms with E-state index >= 15 is 0 Å². The zero-order chi connectivity index (χ0) is 7.82. The fraction of sp³-hybridized carbons (Fsp3) is 0.857. The zero-order valence-corrected chi connectivity index (χ0v) is 6.25. The minimum Gasteiger partial charge on any atom is -0.435 e. The van der Waals surface area contributed by atoms with Crippen LogP contribution in [-0.2, 0) is 14.2 Å². The lowest BCUT2D eigenvalue weighted by atomic mass is 10.8. The molecule has 11 heavy (non-hydrogen) atoms. The van der Waals surface area contributed by atoms with Crippen LogP contribution in [-0.4, -0.2) is 33.1 Å². The molecule has 0 rings (SSSR count). The summed E-state index contributed by atoms with van der Waals surface area (Å²) < 4.78 is 13.6. The number of hydrogen-bond donors (Lipinski definition) is 0. The molecule has 0 spiro atoms. The van der Waals surface area contributed by atoms with Crippen LogP contribution >= 0.6 is 0 Å². The molecule has 0 unspecified atom stereocenters. The summed E-state index contributed by atoms with van der Waals surface area (Å²) in [5.74, 6) is 0. The number of rotatable bonds is 4. The van der Waals surface area contributed by atoms with Crippen LogP contribution in [0.3, 0.4) is 0 Å². The van der Waals surface area contributed by atoms with Gasteiger partial charge in [0.1, 0.15) is 6.61 Å². The van der Waals surface area contributed by atoms with Gasteiger partial charge < -0.3 is 14.2 Å². The summed E-state index contributed by atoms with van der Waals surface area (Å²) >= 11 is 0. The Labute approximate surface area is 67.4 Å². The molecule has 0 bridgehead atoms. The van der Waals surface area contributed by atoms with Gasteiger partial charge in [-0.25, -0.2) is 4.79 Å². The summed E-state index contributed by atoms with van der Waals surface area (Å²) in [5.41, 5.74) is 0. The summed E-state index contributed by atoms with van der Waals surface area (Å²) in [5, 5.41) is 0. The van der Waals surface area contributed by atoms with E-state index < -0.39 is 6.16 Å². The second kappa shape index (κ2) is 9.23. The summed E-state index contributed by atoms with van der Waals surface area (Å²) in [4.78, 5) is 10.4. The Balaban J connectivity index is 0. The maximum absolute atomic E-state index is 10.4. The standard InChI is InChI=1S/C6H12O4.CH4/c1-3-9-6(7)10-5-4-8-2;/h3-5H2,1-2H3;1H4. The topological polar surface area (TPSA) is 44.8 Å². The molecule has 0 amide bonds. The Bertz CT molecular complexity index is 92.4. The normalized spacial score (nSPS) is 8.18. The van der Waals surface area contributed by atoms with Gasteiger partial charge in [0, 0.05) is 7.11 Å². The van der Waals surface area contributed by atoms with Crippen molar-refractivity contribution in [1.29, 1.82) is 0 Å². The Morgan fingerprint density at radius 1 is 1.27 bits per heavy atom. The number of ether oxygens (including phenoxy) is 3. The largest absolute Gasteiger partial charge is 0.508 e. The van der Waals surface area contributed by atoms with E-state index in [0.717, 1.165) is 0 Å². The summed E-state index contributed by atoms with van der Waals surface area (Å²) in [6.45, 7) is 2.71. The van der Waals surface area contributed by atoms with Gasteiger partial charge in [-0.15, -0.1) is 0 Å². The van der Waals surface area contributed by atoms with Crippen molar-refractivity contribution in [3.8, 4) is 0 Å². The average Bonchev–Trinajstić information content (AvgIpc) is 1.89. The van der Waals surface area contributed by atoms with Crippen molar-refractivity contribution in [3.63, 3.8) is 0 Å². The molecule has 0 saturated heterocycles. The Hall–Kier alpha value is -0.770. The molecule has 0 aromatic heterocycles. The van der Waals surface area contributed by atoms with Gasteiger partial charge in [0.15, 0.2) is 0 Å². The van der Waals surface area contributed by atoms with Crippen LogP contribution in [0, 0.1) is 0 Å². The van der Waals surface area contributed by atoms with E-state index in [1.807, 2.05) is 0 Å². The van der Waals surface area contributed by atoms with Gasteiger partial charge in [0.2, 0.25) is 0 Å². The highest BCUT2D eigenvalue weighted by molar-refractivity contribution is 5.59. The lowest BCUT2D eigenvalue weighted by Gasteiger charge is -2.02. The van der Waals surface area contributed by atoms with Crippen LogP contribution in [0.4, 0.5) is 4.79 Å². The Kier molecular flexibility index (Phi) is 10.8. The molecule has 0 radical (unpaired) electrons. The molecule has 0 aliphatic carbocycles. The first kappa shape index (κ1) is 12.9. The average molecular weight is 164 g/mol. The van der Waals surface area contributed by atoms with Crippen LogP contribution < -0.4 is 0 Å². The van der Waals surface area contributed by atoms with E-state index in [9.17, 15) is 4.79 Å². The number of carbonyl (C=O) groups excluding carboxylic acids is 1. The Morgan fingerprint density at radius 2 is 1.91 bits per heavy atom. The highest BCUT2D eigenvalue weighted by atomic mass is 16.7. The first-order valence-electron chi connectivity index (χ1n) is 3.09. The van der Waals surface area contributed by atoms with E-state index in [0.29, 0.717) is 13.2 Å². The highest BCUT2D eigenvalue weighted by Crippen LogP contribution is 1.83. The fourth-order valence-corrected chi connectivity index (χ4v) is 0.368. The molecule has 0 saturated carbocycles. The monoisotopic (exact) mass is 164 g/mol. The molecule has 0 heterocycles. The van der Waals surface area contributed by atoms with Crippen molar-refractivity contribution in [2.24, 2.45) is 0 Å². The van der Waals surface area contributed by atoms with Crippen molar-refractivity contribution in [3.05, 3.63) is 0 Å². The predicted octanol–water partition coefficient (Wildman–Crippen LogP) is 1.44. The van der Waals surface area contributed by atoms with Crippen molar-refractivity contribution in [2.45, 2.75) is 14.4 Å². The van der Waals surface area contributed by atoms with Crippen LogP contribution in [0.2, 0.25) is 0 Å². The van der Waals surface area contributed by atoms with E-state index in [1.165, 1.54) is 7.11 Å². The number of hydrogen-bond acceptors (Lipinski definition) is 4. The fourth-order valence-electron chi connectivity index (χ4n) is 0.368. The molecular weight excluding hydrogens is 148 g/mol. The molecular formula is C7H16O4. The second-order valence-electron chi connectivity index (χ2n) is 1.52. The third kappa shape index (κ3) is 9.23. The maximum atomic E-state index is 10.4. The van der Waals surface area contributed by atoms with Gasteiger partial charge in [-0.05, 0) is 6.92 Å². The van der Waals surface area contributed by atoms with Gasteiger partial charge in [-0.2, -0.15) is 0 Å². The van der Waals surface area contributed by atoms with Gasteiger partial charge in [-0.1, -0.05) is 7.43 Å². The van der Waals surface area contributed by atoms with Gasteiger partial charge >= 0.3 is 6.16 Å². The number of carbonyl (C=O) groups is 1. The van der Waals surface area contributed by atoms with Gasteiger partial charge in [-0.3, -0.25) is 0 Å². The van der Waals surface area contributed by atoms with Gasteiger partial charge in [0.05, 0.1) is 13.2 Å². The van der Waals surface area contributed by atoms with Crippen LogP contribution in [0.15, 0.2) is 0 Å². The minimum absolute atomic E-state index is 0. The molecule has 4 heteroatoms. The molecule has 0 aliphatic rings. The third-order valence-corrected chi connectivity index (χ3v) is 0.770.